The van der Waals surface area contributed by atoms with Gasteiger partial charge in [0.1, 0.15) is 12.2 Å². The van der Waals surface area contributed by atoms with E-state index in [9.17, 15) is 14.5 Å². The summed E-state index contributed by atoms with van der Waals surface area (Å²) in [6.07, 6.45) is 2.99. The molecule has 0 fully saturated rings. The first-order valence-corrected chi connectivity index (χ1v) is 7.61. The minimum Gasteiger partial charge on any atom is -0.456 e. The van der Waals surface area contributed by atoms with Gasteiger partial charge in [0.05, 0.1) is 18.8 Å². The highest BCUT2D eigenvalue weighted by molar-refractivity contribution is 5.81. The van der Waals surface area contributed by atoms with E-state index in [0.717, 1.165) is 12.5 Å². The van der Waals surface area contributed by atoms with Crippen LogP contribution in [0.4, 0.5) is 0 Å². The van der Waals surface area contributed by atoms with Crippen molar-refractivity contribution in [3.63, 3.8) is 0 Å². The first kappa shape index (κ1) is 21.4. The van der Waals surface area contributed by atoms with E-state index in [0.29, 0.717) is 26.1 Å². The molecule has 0 aliphatic heterocycles. The molecule has 0 heterocycles. The molecule has 0 aromatic rings. The van der Waals surface area contributed by atoms with Gasteiger partial charge >= 0.3 is 11.9 Å². The predicted octanol–water partition coefficient (Wildman–Crippen LogP) is 2.77. The van der Waals surface area contributed by atoms with Crippen LogP contribution >= 0.6 is 0 Å². The third-order valence-electron chi connectivity index (χ3n) is 3.55. The van der Waals surface area contributed by atoms with Crippen molar-refractivity contribution in [2.24, 2.45) is 5.18 Å². The van der Waals surface area contributed by atoms with Crippen molar-refractivity contribution in [2.75, 3.05) is 19.8 Å². The average Bonchev–Trinajstić information content (AvgIpc) is 2.50. The summed E-state index contributed by atoms with van der Waals surface area (Å²) in [5.74, 6) is -1.29. The van der Waals surface area contributed by atoms with Gasteiger partial charge in [-0.05, 0) is 33.6 Å². The van der Waals surface area contributed by atoms with Gasteiger partial charge in [-0.1, -0.05) is 13.5 Å². The summed E-state index contributed by atoms with van der Waals surface area (Å²) in [6.45, 7) is 11.3. The molecule has 0 aliphatic carbocycles. The molecule has 23 heavy (non-hydrogen) atoms. The van der Waals surface area contributed by atoms with Crippen LogP contribution in [0.5, 0.6) is 0 Å². The number of nitroso groups, excluding NO2 is 1. The molecule has 0 bridgehead atoms. The summed E-state index contributed by atoms with van der Waals surface area (Å²) in [5, 5.41) is 2.26. The molecule has 0 N–H and O–H groups in total. The van der Waals surface area contributed by atoms with Crippen LogP contribution in [0.25, 0.3) is 0 Å². The van der Waals surface area contributed by atoms with Crippen LogP contribution in [0.3, 0.4) is 0 Å². The molecular weight excluding hydrogens is 302 g/mol. The molecule has 1 amide bonds. The summed E-state index contributed by atoms with van der Waals surface area (Å²) in [7, 11) is 0. The van der Waals surface area contributed by atoms with Gasteiger partial charge < -0.3 is 14.2 Å². The fourth-order valence-electron chi connectivity index (χ4n) is 1.73. The Bertz CT molecular complexity index is 421. The quantitative estimate of drug-likeness (QED) is 0.237. The second kappa shape index (κ2) is 10.2. The van der Waals surface area contributed by atoms with Gasteiger partial charge in [-0.25, -0.2) is 4.79 Å². The predicted molar refractivity (Wildman–Crippen MR) is 85.9 cm³/mol. The number of hydrogen-bond acceptors (Lipinski definition) is 6. The zero-order valence-corrected chi connectivity index (χ0v) is 14.4. The number of rotatable bonds is 12. The summed E-state index contributed by atoms with van der Waals surface area (Å²) < 4.78 is 16.2. The topological polar surface area (TPSA) is 91.3 Å². The number of amides is 1. The lowest BCUT2D eigenvalue weighted by Crippen LogP contribution is -2.34. The smallest absolute Gasteiger partial charge is 0.330 e. The Hall–Kier alpha value is -1.60. The summed E-state index contributed by atoms with van der Waals surface area (Å²) in [5.41, 5.74) is -1.06. The van der Waals surface area contributed by atoms with Crippen LogP contribution in [0, 0.1) is 4.91 Å². The van der Waals surface area contributed by atoms with Gasteiger partial charge in [0, 0.05) is 17.7 Å². The van der Waals surface area contributed by atoms with Crippen molar-refractivity contribution in [2.45, 2.75) is 58.2 Å². The third kappa shape index (κ3) is 9.91. The van der Waals surface area contributed by atoms with Gasteiger partial charge in [-0.15, -0.1) is 4.91 Å². The molecule has 7 nitrogen and oxygen atoms in total. The maximum absolute atomic E-state index is 11.2. The monoisotopic (exact) mass is 329 g/mol. The van der Waals surface area contributed by atoms with Crippen molar-refractivity contribution in [3.8, 4) is 0 Å². The first-order valence-electron chi connectivity index (χ1n) is 7.61. The Kier molecular flexibility index (Phi) is 9.52. The van der Waals surface area contributed by atoms with E-state index in [-0.39, 0.29) is 6.61 Å². The van der Waals surface area contributed by atoms with E-state index in [1.54, 1.807) is 0 Å². The fraction of sp³-hybridized carbons (Fsp3) is 0.750. The van der Waals surface area contributed by atoms with Gasteiger partial charge in [0.2, 0.25) is 0 Å². The number of nitrogens with zero attached hydrogens (tertiary/aromatic N) is 1. The van der Waals surface area contributed by atoms with Crippen LogP contribution in [0.15, 0.2) is 17.8 Å². The standard InChI is InChI=1S/C16H27NO6/c1-6-14(19)23-15(3,4)8-11-22-16(5,7-2)9-10-21-12-13(18)17-20/h6H,1,7-12H2,2-5H3. The zero-order chi connectivity index (χ0) is 17.9. The van der Waals surface area contributed by atoms with Crippen LogP contribution < -0.4 is 0 Å². The maximum Gasteiger partial charge on any atom is 0.330 e. The lowest BCUT2D eigenvalue weighted by molar-refractivity contribution is -0.153. The molecule has 0 saturated carbocycles. The Labute approximate surface area is 137 Å². The second-order valence-corrected chi connectivity index (χ2v) is 6.07. The van der Waals surface area contributed by atoms with Gasteiger partial charge in [0.25, 0.3) is 0 Å². The molecule has 132 valence electrons. The molecule has 0 spiro atoms. The SMILES string of the molecule is C=CC(=O)OC(C)(C)CCOC(C)(CC)CCOCC(=O)N=O. The number of esters is 1. The fourth-order valence-corrected chi connectivity index (χ4v) is 1.73. The van der Waals surface area contributed by atoms with E-state index < -0.39 is 23.1 Å². The lowest BCUT2D eigenvalue weighted by Gasteiger charge is -2.31. The average molecular weight is 329 g/mol. The van der Waals surface area contributed by atoms with Crippen molar-refractivity contribution < 1.29 is 23.8 Å². The molecule has 0 saturated heterocycles. The number of carbonyl (C=O) groups is 2. The molecule has 0 aromatic carbocycles. The molecule has 7 heteroatoms. The van der Waals surface area contributed by atoms with E-state index in [1.807, 2.05) is 27.7 Å². The zero-order valence-electron chi connectivity index (χ0n) is 14.4. The van der Waals surface area contributed by atoms with Crippen LogP contribution in [-0.4, -0.2) is 42.9 Å². The second-order valence-electron chi connectivity index (χ2n) is 6.07. The van der Waals surface area contributed by atoms with Crippen molar-refractivity contribution in [1.29, 1.82) is 0 Å². The van der Waals surface area contributed by atoms with E-state index in [2.05, 4.69) is 11.8 Å². The Morgan fingerprint density at radius 3 is 2.35 bits per heavy atom. The van der Waals surface area contributed by atoms with Crippen LogP contribution in [0.1, 0.15) is 47.0 Å². The minimum atomic E-state index is -0.824. The van der Waals surface area contributed by atoms with Gasteiger partial charge in [0.15, 0.2) is 0 Å². The molecule has 0 rings (SSSR count). The Morgan fingerprint density at radius 1 is 1.17 bits per heavy atom. The highest BCUT2D eigenvalue weighted by Crippen LogP contribution is 2.23. The number of carbonyl (C=O) groups excluding carboxylic acids is 2. The minimum absolute atomic E-state index is 0.292. The molecule has 0 radical (unpaired) electrons. The highest BCUT2D eigenvalue weighted by Gasteiger charge is 2.26. The highest BCUT2D eigenvalue weighted by atomic mass is 16.6. The molecule has 1 atom stereocenters. The molecular formula is C16H27NO6. The van der Waals surface area contributed by atoms with Crippen LogP contribution in [0.2, 0.25) is 0 Å². The largest absolute Gasteiger partial charge is 0.456 e. The van der Waals surface area contributed by atoms with E-state index in [4.69, 9.17) is 14.2 Å². The third-order valence-corrected chi connectivity index (χ3v) is 3.55. The van der Waals surface area contributed by atoms with Crippen molar-refractivity contribution in [1.82, 2.24) is 0 Å². The number of ether oxygens (including phenoxy) is 3. The van der Waals surface area contributed by atoms with Crippen molar-refractivity contribution >= 4 is 11.9 Å². The van der Waals surface area contributed by atoms with E-state index in [1.165, 1.54) is 0 Å². The summed E-state index contributed by atoms with van der Waals surface area (Å²) >= 11 is 0. The molecule has 0 aliphatic rings. The Morgan fingerprint density at radius 2 is 1.83 bits per heavy atom. The maximum atomic E-state index is 11.2. The molecule has 1 unspecified atom stereocenters. The van der Waals surface area contributed by atoms with Gasteiger partial charge in [-0.2, -0.15) is 0 Å². The van der Waals surface area contributed by atoms with Crippen LogP contribution in [-0.2, 0) is 23.8 Å². The lowest BCUT2D eigenvalue weighted by atomic mass is 9.99. The summed E-state index contributed by atoms with van der Waals surface area (Å²) in [6, 6.07) is 0. The van der Waals surface area contributed by atoms with Crippen molar-refractivity contribution in [3.05, 3.63) is 17.6 Å². The van der Waals surface area contributed by atoms with Gasteiger partial charge in [-0.3, -0.25) is 4.79 Å². The molecule has 0 aromatic heterocycles. The summed E-state index contributed by atoms with van der Waals surface area (Å²) in [4.78, 5) is 31.9. The number of hydrogen-bond donors (Lipinski definition) is 0. The first-order chi connectivity index (χ1) is 10.7. The normalized spacial score (nSPS) is 13.9. The Balaban J connectivity index is 4.20. The van der Waals surface area contributed by atoms with E-state index >= 15 is 0 Å².